The van der Waals surface area contributed by atoms with E-state index in [2.05, 4.69) is 18.3 Å². The summed E-state index contributed by atoms with van der Waals surface area (Å²) in [5, 5.41) is 11.8. The molecule has 2 aromatic rings. The molecule has 4 heteroatoms. The molecule has 0 aliphatic rings. The Labute approximate surface area is 142 Å². The summed E-state index contributed by atoms with van der Waals surface area (Å²) in [5.41, 5.74) is 2.02. The Balaban J connectivity index is 1.87. The lowest BCUT2D eigenvalue weighted by molar-refractivity contribution is 0.104. The first-order valence-corrected chi connectivity index (χ1v) is 7.93. The zero-order chi connectivity index (χ0) is 17.2. The molecule has 0 spiro atoms. The van der Waals surface area contributed by atoms with Crippen LogP contribution < -0.4 is 10.1 Å². The van der Waals surface area contributed by atoms with Crippen LogP contribution in [0.2, 0.25) is 0 Å². The SMILES string of the molecule is CCCCOc1ccc(C(=O)C=CNc2ccc(C#N)cc2)cc1. The Morgan fingerprint density at radius 1 is 1.17 bits per heavy atom. The summed E-state index contributed by atoms with van der Waals surface area (Å²) < 4.78 is 5.57. The van der Waals surface area contributed by atoms with E-state index in [0.717, 1.165) is 24.3 Å². The zero-order valence-electron chi connectivity index (χ0n) is 13.7. The molecule has 0 radical (unpaired) electrons. The number of rotatable bonds is 8. The number of hydrogen-bond donors (Lipinski definition) is 1. The van der Waals surface area contributed by atoms with E-state index in [1.54, 1.807) is 42.6 Å². The van der Waals surface area contributed by atoms with E-state index in [1.165, 1.54) is 6.08 Å². The molecule has 1 N–H and O–H groups in total. The maximum absolute atomic E-state index is 12.1. The van der Waals surface area contributed by atoms with Crippen LogP contribution in [0.1, 0.15) is 35.7 Å². The Morgan fingerprint density at radius 3 is 2.50 bits per heavy atom. The van der Waals surface area contributed by atoms with E-state index in [0.29, 0.717) is 17.7 Å². The van der Waals surface area contributed by atoms with Crippen molar-refractivity contribution in [2.24, 2.45) is 0 Å². The maximum Gasteiger partial charge on any atom is 0.187 e. The second kappa shape index (κ2) is 9.16. The van der Waals surface area contributed by atoms with Crippen LogP contribution >= 0.6 is 0 Å². The van der Waals surface area contributed by atoms with Crippen LogP contribution in [-0.2, 0) is 0 Å². The highest BCUT2D eigenvalue weighted by molar-refractivity contribution is 6.04. The number of unbranched alkanes of at least 4 members (excludes halogenated alkanes) is 1. The van der Waals surface area contributed by atoms with Crippen molar-refractivity contribution in [2.75, 3.05) is 11.9 Å². The summed E-state index contributed by atoms with van der Waals surface area (Å²) in [6, 6.07) is 16.2. The Bertz CT molecular complexity index is 726. The number of nitrogens with zero attached hydrogens (tertiary/aromatic N) is 1. The van der Waals surface area contributed by atoms with Gasteiger partial charge in [-0.2, -0.15) is 5.26 Å². The predicted molar refractivity (Wildman–Crippen MR) is 95.1 cm³/mol. The van der Waals surface area contributed by atoms with Crippen molar-refractivity contribution in [3.8, 4) is 11.8 Å². The lowest BCUT2D eigenvalue weighted by Crippen LogP contribution is -1.99. The summed E-state index contributed by atoms with van der Waals surface area (Å²) in [6.45, 7) is 2.81. The van der Waals surface area contributed by atoms with E-state index in [4.69, 9.17) is 10.00 Å². The zero-order valence-corrected chi connectivity index (χ0v) is 13.7. The minimum atomic E-state index is -0.0868. The first-order chi connectivity index (χ1) is 11.7. The highest BCUT2D eigenvalue weighted by Gasteiger charge is 2.02. The van der Waals surface area contributed by atoms with Crippen molar-refractivity contribution in [1.82, 2.24) is 0 Å². The second-order valence-corrected chi connectivity index (χ2v) is 5.26. The van der Waals surface area contributed by atoms with Crippen LogP contribution in [0, 0.1) is 11.3 Å². The number of allylic oxidation sites excluding steroid dienone is 1. The van der Waals surface area contributed by atoms with Gasteiger partial charge in [-0.1, -0.05) is 13.3 Å². The number of nitriles is 1. The van der Waals surface area contributed by atoms with E-state index in [1.807, 2.05) is 12.1 Å². The molecule has 122 valence electrons. The van der Waals surface area contributed by atoms with Crippen LogP contribution in [0.15, 0.2) is 60.8 Å². The minimum Gasteiger partial charge on any atom is -0.494 e. The second-order valence-electron chi connectivity index (χ2n) is 5.26. The molecule has 24 heavy (non-hydrogen) atoms. The average Bonchev–Trinajstić information content (AvgIpc) is 2.63. The Morgan fingerprint density at radius 2 is 1.88 bits per heavy atom. The number of carbonyl (C=O) groups is 1. The molecule has 0 saturated heterocycles. The Kier molecular flexibility index (Phi) is 6.60. The molecular weight excluding hydrogens is 300 g/mol. The van der Waals surface area contributed by atoms with Gasteiger partial charge in [0.25, 0.3) is 0 Å². The summed E-state index contributed by atoms with van der Waals surface area (Å²) in [7, 11) is 0. The fourth-order valence-electron chi connectivity index (χ4n) is 2.00. The van der Waals surface area contributed by atoms with Crippen molar-refractivity contribution in [3.05, 3.63) is 71.9 Å². The van der Waals surface area contributed by atoms with Crippen LogP contribution in [0.5, 0.6) is 5.75 Å². The third kappa shape index (κ3) is 5.29. The van der Waals surface area contributed by atoms with Crippen molar-refractivity contribution < 1.29 is 9.53 Å². The normalized spacial score (nSPS) is 10.3. The number of hydrogen-bond acceptors (Lipinski definition) is 4. The van der Waals surface area contributed by atoms with Crippen LogP contribution in [0.4, 0.5) is 5.69 Å². The van der Waals surface area contributed by atoms with E-state index >= 15 is 0 Å². The number of benzene rings is 2. The van der Waals surface area contributed by atoms with Gasteiger partial charge >= 0.3 is 0 Å². The van der Waals surface area contributed by atoms with Crippen molar-refractivity contribution in [1.29, 1.82) is 5.26 Å². The van der Waals surface area contributed by atoms with Gasteiger partial charge in [0.15, 0.2) is 5.78 Å². The van der Waals surface area contributed by atoms with Crippen molar-refractivity contribution in [2.45, 2.75) is 19.8 Å². The predicted octanol–water partition coefficient (Wildman–Crippen LogP) is 4.55. The largest absolute Gasteiger partial charge is 0.494 e. The summed E-state index contributed by atoms with van der Waals surface area (Å²) >= 11 is 0. The standard InChI is InChI=1S/C20H20N2O2/c1-2-3-14-24-19-10-6-17(7-11-19)20(23)12-13-22-18-8-4-16(15-21)5-9-18/h4-13,22H,2-3,14H2,1H3. The molecule has 2 aromatic carbocycles. The minimum absolute atomic E-state index is 0.0868. The van der Waals surface area contributed by atoms with Gasteiger partial charge in [-0.15, -0.1) is 0 Å². The highest BCUT2D eigenvalue weighted by atomic mass is 16.5. The van der Waals surface area contributed by atoms with Crippen molar-refractivity contribution in [3.63, 3.8) is 0 Å². The third-order valence-electron chi connectivity index (χ3n) is 3.40. The number of ether oxygens (including phenoxy) is 1. The molecule has 4 nitrogen and oxygen atoms in total. The Hall–Kier alpha value is -3.06. The molecule has 0 aliphatic carbocycles. The summed E-state index contributed by atoms with van der Waals surface area (Å²) in [6.07, 6.45) is 5.18. The molecule has 0 fully saturated rings. The van der Waals surface area contributed by atoms with Crippen molar-refractivity contribution >= 4 is 11.5 Å². The average molecular weight is 320 g/mol. The van der Waals surface area contributed by atoms with E-state index in [9.17, 15) is 4.79 Å². The van der Waals surface area contributed by atoms with Gasteiger partial charge in [0.2, 0.25) is 0 Å². The van der Waals surface area contributed by atoms with Gasteiger partial charge < -0.3 is 10.1 Å². The number of carbonyl (C=O) groups excluding carboxylic acids is 1. The van der Waals surface area contributed by atoms with Gasteiger partial charge in [-0.25, -0.2) is 0 Å². The van der Waals surface area contributed by atoms with Crippen LogP contribution in [0.25, 0.3) is 0 Å². The fourth-order valence-corrected chi connectivity index (χ4v) is 2.00. The molecule has 0 unspecified atom stereocenters. The molecule has 0 bridgehead atoms. The molecule has 0 aliphatic heterocycles. The van der Waals surface area contributed by atoms with Crippen LogP contribution in [0.3, 0.4) is 0 Å². The van der Waals surface area contributed by atoms with Gasteiger partial charge in [0.1, 0.15) is 5.75 Å². The molecular formula is C20H20N2O2. The number of anilines is 1. The third-order valence-corrected chi connectivity index (χ3v) is 3.40. The molecule has 2 rings (SSSR count). The summed E-state index contributed by atoms with van der Waals surface area (Å²) in [5.74, 6) is 0.691. The molecule has 0 atom stereocenters. The van der Waals surface area contributed by atoms with Gasteiger partial charge in [0, 0.05) is 23.5 Å². The van der Waals surface area contributed by atoms with Gasteiger partial charge in [-0.3, -0.25) is 4.79 Å². The number of nitrogens with one attached hydrogen (secondary N) is 1. The first-order valence-electron chi connectivity index (χ1n) is 7.93. The molecule has 0 amide bonds. The lowest BCUT2D eigenvalue weighted by Gasteiger charge is -2.05. The molecule has 0 heterocycles. The van der Waals surface area contributed by atoms with Gasteiger partial charge in [-0.05, 0) is 55.0 Å². The fraction of sp³-hybridized carbons (Fsp3) is 0.200. The van der Waals surface area contributed by atoms with E-state index < -0.39 is 0 Å². The van der Waals surface area contributed by atoms with Gasteiger partial charge in [0.05, 0.1) is 18.2 Å². The maximum atomic E-state index is 12.1. The van der Waals surface area contributed by atoms with Crippen LogP contribution in [-0.4, -0.2) is 12.4 Å². The topological polar surface area (TPSA) is 62.1 Å². The quantitative estimate of drug-likeness (QED) is 0.440. The molecule has 0 saturated carbocycles. The first kappa shape index (κ1) is 17.3. The summed E-state index contributed by atoms with van der Waals surface area (Å²) in [4.78, 5) is 12.1. The molecule has 0 aromatic heterocycles. The number of ketones is 1. The van der Waals surface area contributed by atoms with E-state index in [-0.39, 0.29) is 5.78 Å². The lowest BCUT2D eigenvalue weighted by atomic mass is 10.1. The highest BCUT2D eigenvalue weighted by Crippen LogP contribution is 2.14. The monoisotopic (exact) mass is 320 g/mol. The smallest absolute Gasteiger partial charge is 0.187 e.